The first-order chi connectivity index (χ1) is 10.8. The maximum atomic E-state index is 5.50. The molecule has 6 nitrogen and oxygen atoms in total. The summed E-state index contributed by atoms with van der Waals surface area (Å²) in [7, 11) is -0.793. The molecule has 0 aliphatic heterocycles. The third-order valence-electron chi connectivity index (χ3n) is 2.11. The van der Waals surface area contributed by atoms with Crippen LogP contribution in [0.15, 0.2) is 0 Å². The maximum Gasteiger partial charge on any atom is 0.639 e. The topological polar surface area (TPSA) is 55.4 Å². The Balaban J connectivity index is 3.72. The predicted molar refractivity (Wildman–Crippen MR) is 88.2 cm³/mol. The first-order valence-electron chi connectivity index (χ1n) is 7.11. The van der Waals surface area contributed by atoms with Crippen molar-refractivity contribution in [2.75, 3.05) is 77.1 Å². The van der Waals surface area contributed by atoms with Gasteiger partial charge in [-0.15, -0.1) is 34.8 Å². The normalized spacial score (nSPS) is 11.0. The van der Waals surface area contributed by atoms with Crippen molar-refractivity contribution >= 4 is 42.1 Å². The predicted octanol–water partition coefficient (Wildman–Crippen LogP) is 1.79. The summed E-state index contributed by atoms with van der Waals surface area (Å²) < 4.78 is 31.9. The van der Waals surface area contributed by atoms with Crippen LogP contribution in [0.4, 0.5) is 0 Å². The van der Waals surface area contributed by atoms with E-state index in [-0.39, 0.29) is 0 Å². The number of rotatable bonds is 18. The largest absolute Gasteiger partial charge is 0.639 e. The van der Waals surface area contributed by atoms with Gasteiger partial charge in [0.15, 0.2) is 0 Å². The van der Waals surface area contributed by atoms with Crippen LogP contribution < -0.4 is 0 Å². The molecule has 0 aromatic rings. The van der Waals surface area contributed by atoms with E-state index in [0.717, 1.165) is 0 Å². The Hall–Kier alpha value is 0.695. The molecule has 0 unspecified atom stereocenters. The van der Waals surface area contributed by atoms with E-state index < -0.39 is 7.32 Å². The van der Waals surface area contributed by atoms with Crippen LogP contribution in [0.25, 0.3) is 0 Å². The molecule has 0 radical (unpaired) electrons. The van der Waals surface area contributed by atoms with Gasteiger partial charge in [0.1, 0.15) is 0 Å². The van der Waals surface area contributed by atoms with Gasteiger partial charge < -0.3 is 28.2 Å². The molecule has 0 aliphatic carbocycles. The summed E-state index contributed by atoms with van der Waals surface area (Å²) in [5.41, 5.74) is 0. The van der Waals surface area contributed by atoms with Crippen LogP contribution in [0, 0.1) is 0 Å². The standard InChI is InChI=1S/C12H24BCl3O6/c14-1-4-17-7-10-20-13(21-11-8-18-5-2-15)22-12-9-19-6-3-16/h1-12H2. The summed E-state index contributed by atoms with van der Waals surface area (Å²) in [6.07, 6.45) is 0. The summed E-state index contributed by atoms with van der Waals surface area (Å²) in [6.45, 7) is 3.72. The van der Waals surface area contributed by atoms with Crippen molar-refractivity contribution in [1.29, 1.82) is 0 Å². The second-order valence-electron chi connectivity index (χ2n) is 3.81. The first kappa shape index (κ1) is 22.7. The van der Waals surface area contributed by atoms with Crippen LogP contribution in [0.2, 0.25) is 0 Å². The number of alkyl halides is 3. The molecule has 0 fully saturated rings. The monoisotopic (exact) mass is 380 g/mol. The van der Waals surface area contributed by atoms with Crippen molar-refractivity contribution < 1.29 is 28.2 Å². The number of halogens is 3. The number of hydrogen-bond acceptors (Lipinski definition) is 6. The molecule has 132 valence electrons. The van der Waals surface area contributed by atoms with E-state index in [1.54, 1.807) is 0 Å². The third kappa shape index (κ3) is 17.1. The zero-order valence-electron chi connectivity index (χ0n) is 12.6. The molecule has 0 aromatic heterocycles. The van der Waals surface area contributed by atoms with Crippen molar-refractivity contribution in [2.24, 2.45) is 0 Å². The summed E-state index contributed by atoms with van der Waals surface area (Å²) in [6, 6.07) is 0. The Morgan fingerprint density at radius 3 is 1.05 bits per heavy atom. The highest BCUT2D eigenvalue weighted by atomic mass is 35.5. The Kier molecular flexibility index (Phi) is 20.4. The molecule has 0 amide bonds. The fourth-order valence-electron chi connectivity index (χ4n) is 1.22. The highest BCUT2D eigenvalue weighted by Crippen LogP contribution is 1.95. The van der Waals surface area contributed by atoms with Gasteiger partial charge in [-0.25, -0.2) is 0 Å². The highest BCUT2D eigenvalue weighted by Gasteiger charge is 2.21. The van der Waals surface area contributed by atoms with Crippen molar-refractivity contribution in [3.63, 3.8) is 0 Å². The summed E-state index contributed by atoms with van der Waals surface area (Å²) in [5.74, 6) is 1.35. The van der Waals surface area contributed by atoms with Crippen LogP contribution >= 0.6 is 34.8 Å². The molecule has 0 bridgehead atoms. The van der Waals surface area contributed by atoms with Crippen LogP contribution in [-0.4, -0.2) is 84.4 Å². The van der Waals surface area contributed by atoms with Crippen LogP contribution in [-0.2, 0) is 28.2 Å². The fraction of sp³-hybridized carbons (Fsp3) is 1.00. The van der Waals surface area contributed by atoms with E-state index in [0.29, 0.717) is 77.1 Å². The Bertz CT molecular complexity index is 186. The fourth-order valence-corrected chi connectivity index (χ4v) is 1.55. The molecule has 0 aliphatic rings. The average Bonchev–Trinajstić information content (AvgIpc) is 2.53. The number of ether oxygens (including phenoxy) is 3. The van der Waals surface area contributed by atoms with Crippen molar-refractivity contribution in [1.82, 2.24) is 0 Å². The second kappa shape index (κ2) is 19.7. The molecule has 0 heterocycles. The molecule has 0 saturated heterocycles. The molecule has 10 heteroatoms. The van der Waals surface area contributed by atoms with Gasteiger partial charge in [0.2, 0.25) is 0 Å². The van der Waals surface area contributed by atoms with Crippen molar-refractivity contribution in [3.8, 4) is 0 Å². The SMILES string of the molecule is ClCCOCCOB(OCCOCCCl)OCCOCCCl. The van der Waals surface area contributed by atoms with Gasteiger partial charge in [0.05, 0.1) is 59.5 Å². The number of hydrogen-bond donors (Lipinski definition) is 0. The average molecular weight is 381 g/mol. The van der Waals surface area contributed by atoms with Crippen LogP contribution in [0.5, 0.6) is 0 Å². The maximum absolute atomic E-state index is 5.50. The Morgan fingerprint density at radius 2 is 0.773 bits per heavy atom. The second-order valence-corrected chi connectivity index (χ2v) is 4.94. The molecule has 0 N–H and O–H groups in total. The smallest absolute Gasteiger partial charge is 0.383 e. The zero-order valence-corrected chi connectivity index (χ0v) is 14.9. The Labute approximate surface area is 147 Å². The van der Waals surface area contributed by atoms with Gasteiger partial charge >= 0.3 is 7.32 Å². The molecule has 0 aromatic carbocycles. The molecule has 0 rings (SSSR count). The lowest BCUT2D eigenvalue weighted by molar-refractivity contribution is 0.0246. The van der Waals surface area contributed by atoms with E-state index in [1.165, 1.54) is 0 Å². The van der Waals surface area contributed by atoms with E-state index in [2.05, 4.69) is 0 Å². The summed E-state index contributed by atoms with van der Waals surface area (Å²) in [5, 5.41) is 0. The third-order valence-corrected chi connectivity index (χ3v) is 2.57. The van der Waals surface area contributed by atoms with Gasteiger partial charge in [0, 0.05) is 17.6 Å². The first-order valence-corrected chi connectivity index (χ1v) is 8.71. The lowest BCUT2D eigenvalue weighted by Crippen LogP contribution is -2.31. The van der Waals surface area contributed by atoms with E-state index in [4.69, 9.17) is 63.0 Å². The minimum atomic E-state index is -0.793. The summed E-state index contributed by atoms with van der Waals surface area (Å²) in [4.78, 5) is 0. The quantitative estimate of drug-likeness (QED) is 0.205. The molecule has 0 atom stereocenters. The zero-order chi connectivity index (χ0) is 16.3. The van der Waals surface area contributed by atoms with E-state index in [9.17, 15) is 0 Å². The van der Waals surface area contributed by atoms with Gasteiger partial charge in [-0.2, -0.15) is 0 Å². The van der Waals surface area contributed by atoms with Gasteiger partial charge in [0.25, 0.3) is 0 Å². The molecule has 22 heavy (non-hydrogen) atoms. The molecule has 0 saturated carbocycles. The Morgan fingerprint density at radius 1 is 0.455 bits per heavy atom. The van der Waals surface area contributed by atoms with E-state index >= 15 is 0 Å². The van der Waals surface area contributed by atoms with Gasteiger partial charge in [-0.3, -0.25) is 0 Å². The summed E-state index contributed by atoms with van der Waals surface area (Å²) >= 11 is 16.5. The van der Waals surface area contributed by atoms with Crippen LogP contribution in [0.3, 0.4) is 0 Å². The minimum Gasteiger partial charge on any atom is -0.383 e. The van der Waals surface area contributed by atoms with Crippen LogP contribution in [0.1, 0.15) is 0 Å². The molecular weight excluding hydrogens is 357 g/mol. The van der Waals surface area contributed by atoms with Gasteiger partial charge in [-0.05, 0) is 0 Å². The minimum absolute atomic E-state index is 0.340. The lowest BCUT2D eigenvalue weighted by Gasteiger charge is -2.14. The van der Waals surface area contributed by atoms with Crippen molar-refractivity contribution in [3.05, 3.63) is 0 Å². The van der Waals surface area contributed by atoms with Crippen molar-refractivity contribution in [2.45, 2.75) is 0 Å². The van der Waals surface area contributed by atoms with Gasteiger partial charge in [-0.1, -0.05) is 0 Å². The highest BCUT2D eigenvalue weighted by molar-refractivity contribution is 6.36. The molecular formula is C12H24BCl3O6. The van der Waals surface area contributed by atoms with E-state index in [1.807, 2.05) is 0 Å². The molecule has 0 spiro atoms. The lowest BCUT2D eigenvalue weighted by atomic mass is 10.2.